The van der Waals surface area contributed by atoms with Gasteiger partial charge >= 0.3 is 6.03 Å². The number of fused-ring (bicyclic) bond motifs is 8. The van der Waals surface area contributed by atoms with Crippen LogP contribution in [-0.4, -0.2) is 58.7 Å². The Labute approximate surface area is 186 Å². The van der Waals surface area contributed by atoms with Crippen LogP contribution in [0.25, 0.3) is 0 Å². The number of barbiturate groups is 1. The molecule has 0 N–H and O–H groups in total. The zero-order valence-electron chi connectivity index (χ0n) is 19.0. The van der Waals surface area contributed by atoms with Crippen molar-refractivity contribution in [2.24, 2.45) is 16.2 Å². The van der Waals surface area contributed by atoms with E-state index in [0.717, 1.165) is 34.7 Å². The minimum absolute atomic E-state index is 0.0194. The molecular weight excluding hydrogens is 412 g/mol. The number of non-ortho nitro benzene ring substituents is 1. The molecule has 1 saturated carbocycles. The molecule has 9 heteroatoms. The van der Waals surface area contributed by atoms with E-state index in [4.69, 9.17) is 0 Å². The van der Waals surface area contributed by atoms with Crippen LogP contribution in [0.5, 0.6) is 0 Å². The van der Waals surface area contributed by atoms with Crippen molar-refractivity contribution in [3.05, 3.63) is 33.9 Å². The molecule has 9 nitrogen and oxygen atoms in total. The van der Waals surface area contributed by atoms with Crippen molar-refractivity contribution in [3.63, 3.8) is 0 Å². The molecule has 3 heterocycles. The van der Waals surface area contributed by atoms with Crippen molar-refractivity contribution in [1.29, 1.82) is 0 Å². The van der Waals surface area contributed by atoms with E-state index < -0.39 is 34.2 Å². The summed E-state index contributed by atoms with van der Waals surface area (Å²) < 4.78 is 0. The van der Waals surface area contributed by atoms with Crippen molar-refractivity contribution in [3.8, 4) is 0 Å². The Balaban J connectivity index is 1.79. The summed E-state index contributed by atoms with van der Waals surface area (Å²) in [5.41, 5.74) is -0.392. The number of nitrogens with zero attached hydrogens (tertiary/aromatic N) is 4. The average molecular weight is 441 g/mol. The number of imide groups is 2. The monoisotopic (exact) mass is 440 g/mol. The first-order chi connectivity index (χ1) is 14.8. The molecule has 5 rings (SSSR count). The van der Waals surface area contributed by atoms with Gasteiger partial charge in [-0.15, -0.1) is 0 Å². The van der Waals surface area contributed by atoms with E-state index in [9.17, 15) is 24.5 Å². The molecule has 4 amide bonds. The second-order valence-corrected chi connectivity index (χ2v) is 11.1. The SMILES string of the molecule is CN1C(=O)N(C)C(=O)C2(Cc3cc([N+](=O)[O-])ccc3N3[C@H]4CC(C)(C)C[C@@](C)(C4)[C@H]32)C1=O. The highest BCUT2D eigenvalue weighted by Crippen LogP contribution is 2.64. The summed E-state index contributed by atoms with van der Waals surface area (Å²) in [6.45, 7) is 6.58. The van der Waals surface area contributed by atoms with Gasteiger partial charge in [0.1, 0.15) is 0 Å². The Morgan fingerprint density at radius 2 is 1.66 bits per heavy atom. The van der Waals surface area contributed by atoms with Crippen molar-refractivity contribution < 1.29 is 19.3 Å². The fourth-order valence-corrected chi connectivity index (χ4v) is 7.56. The van der Waals surface area contributed by atoms with Crippen LogP contribution in [0.2, 0.25) is 0 Å². The smallest absolute Gasteiger partial charge is 0.332 e. The Morgan fingerprint density at radius 3 is 2.25 bits per heavy atom. The Bertz CT molecular complexity index is 1070. The van der Waals surface area contributed by atoms with Gasteiger partial charge < -0.3 is 4.90 Å². The first-order valence-electron chi connectivity index (χ1n) is 11.0. The predicted molar refractivity (Wildman–Crippen MR) is 116 cm³/mol. The molecule has 170 valence electrons. The number of hydrogen-bond acceptors (Lipinski definition) is 6. The molecular formula is C23H28N4O5. The lowest BCUT2D eigenvalue weighted by Gasteiger charge is -2.54. The highest BCUT2D eigenvalue weighted by atomic mass is 16.6. The highest BCUT2D eigenvalue weighted by molar-refractivity contribution is 6.20. The molecule has 1 aromatic carbocycles. The lowest BCUT2D eigenvalue weighted by Crippen LogP contribution is -2.72. The van der Waals surface area contributed by atoms with Gasteiger partial charge in [-0.2, -0.15) is 0 Å². The molecule has 1 aliphatic carbocycles. The number of nitro benzene ring substituents is 1. The van der Waals surface area contributed by atoms with Gasteiger partial charge in [0.15, 0.2) is 5.41 Å². The molecule has 1 aromatic rings. The topological polar surface area (TPSA) is 104 Å². The molecule has 3 fully saturated rings. The van der Waals surface area contributed by atoms with Gasteiger partial charge in [-0.1, -0.05) is 20.8 Å². The van der Waals surface area contributed by atoms with Gasteiger partial charge in [0.2, 0.25) is 11.8 Å². The predicted octanol–water partition coefficient (Wildman–Crippen LogP) is 2.96. The minimum Gasteiger partial charge on any atom is -0.363 e. The summed E-state index contributed by atoms with van der Waals surface area (Å²) in [5, 5.41) is 11.5. The maximum atomic E-state index is 13.8. The zero-order chi connectivity index (χ0) is 23.4. The first kappa shape index (κ1) is 20.9. The molecule has 0 radical (unpaired) electrons. The van der Waals surface area contributed by atoms with Crippen LogP contribution < -0.4 is 4.90 Å². The van der Waals surface area contributed by atoms with Gasteiger partial charge in [0.25, 0.3) is 5.69 Å². The number of carbonyl (C=O) groups excluding carboxylic acids is 3. The van der Waals surface area contributed by atoms with Crippen LogP contribution >= 0.6 is 0 Å². The molecule has 1 spiro atoms. The van der Waals surface area contributed by atoms with Crippen LogP contribution in [0.1, 0.15) is 45.6 Å². The largest absolute Gasteiger partial charge is 0.363 e. The van der Waals surface area contributed by atoms with E-state index in [1.807, 2.05) is 0 Å². The summed E-state index contributed by atoms with van der Waals surface area (Å²) in [6.07, 6.45) is 2.64. The molecule has 2 bridgehead atoms. The fourth-order valence-electron chi connectivity index (χ4n) is 7.56. The summed E-state index contributed by atoms with van der Waals surface area (Å²) in [4.78, 5) is 55.5. The molecule has 3 atom stereocenters. The summed E-state index contributed by atoms with van der Waals surface area (Å²) in [6, 6.07) is 3.79. The second kappa shape index (κ2) is 6.08. The lowest BCUT2D eigenvalue weighted by atomic mass is 9.56. The van der Waals surface area contributed by atoms with Gasteiger partial charge in [-0.05, 0) is 41.7 Å². The van der Waals surface area contributed by atoms with Crippen LogP contribution in [0.3, 0.4) is 0 Å². The van der Waals surface area contributed by atoms with E-state index >= 15 is 0 Å². The van der Waals surface area contributed by atoms with Crippen LogP contribution in [0, 0.1) is 26.4 Å². The fraction of sp³-hybridized carbons (Fsp3) is 0.609. The zero-order valence-corrected chi connectivity index (χ0v) is 19.0. The lowest BCUT2D eigenvalue weighted by molar-refractivity contribution is -0.384. The first-order valence-corrected chi connectivity index (χ1v) is 11.0. The Morgan fingerprint density at radius 1 is 1.03 bits per heavy atom. The van der Waals surface area contributed by atoms with Crippen LogP contribution in [0.4, 0.5) is 16.2 Å². The van der Waals surface area contributed by atoms with E-state index in [-0.39, 0.29) is 29.0 Å². The van der Waals surface area contributed by atoms with Crippen molar-refractivity contribution >= 4 is 29.2 Å². The maximum Gasteiger partial charge on any atom is 0.332 e. The summed E-state index contributed by atoms with van der Waals surface area (Å²) in [7, 11) is 2.83. The van der Waals surface area contributed by atoms with E-state index in [1.165, 1.54) is 26.2 Å². The third-order valence-corrected chi connectivity index (χ3v) is 8.14. The van der Waals surface area contributed by atoms with Crippen LogP contribution in [-0.2, 0) is 16.0 Å². The second-order valence-electron chi connectivity index (χ2n) is 11.1. The van der Waals surface area contributed by atoms with Gasteiger partial charge in [-0.25, -0.2) is 4.79 Å². The molecule has 0 aromatic heterocycles. The van der Waals surface area contributed by atoms with Gasteiger partial charge in [0.05, 0.1) is 11.0 Å². The minimum atomic E-state index is -1.50. The number of benzene rings is 1. The van der Waals surface area contributed by atoms with E-state index in [1.54, 1.807) is 6.07 Å². The van der Waals surface area contributed by atoms with Gasteiger partial charge in [-0.3, -0.25) is 29.5 Å². The quantitative estimate of drug-likeness (QED) is 0.378. The average Bonchev–Trinajstić information content (AvgIpc) is 2.94. The molecule has 0 unspecified atom stereocenters. The molecule has 3 aliphatic heterocycles. The number of nitro groups is 1. The third-order valence-electron chi connectivity index (χ3n) is 8.14. The summed E-state index contributed by atoms with van der Waals surface area (Å²) >= 11 is 0. The normalized spacial score (nSPS) is 32.3. The Hall–Kier alpha value is -2.97. The van der Waals surface area contributed by atoms with Gasteiger partial charge in [0, 0.05) is 44.4 Å². The number of urea groups is 1. The Kier molecular flexibility index (Phi) is 3.97. The van der Waals surface area contributed by atoms with E-state index in [0.29, 0.717) is 5.56 Å². The number of amides is 4. The summed E-state index contributed by atoms with van der Waals surface area (Å²) in [5.74, 6) is -1.02. The van der Waals surface area contributed by atoms with Crippen molar-refractivity contribution in [2.75, 3.05) is 19.0 Å². The van der Waals surface area contributed by atoms with Crippen molar-refractivity contribution in [2.45, 2.75) is 58.5 Å². The highest BCUT2D eigenvalue weighted by Gasteiger charge is 2.71. The number of hydrogen-bond donors (Lipinski definition) is 0. The maximum absolute atomic E-state index is 13.8. The van der Waals surface area contributed by atoms with Crippen LogP contribution in [0.15, 0.2) is 18.2 Å². The standard InChI is InChI=1S/C23H28N4O5/c1-21(2)10-15-11-22(3,12-21)17-23(18(28)24(4)20(30)25(5)19(23)29)9-13-8-14(27(31)32)6-7-16(13)26(15)17/h6-8,15,17H,9-12H2,1-5H3/t15-,17-,22+/m0/s1. The molecule has 32 heavy (non-hydrogen) atoms. The van der Waals surface area contributed by atoms with E-state index in [2.05, 4.69) is 25.7 Å². The number of carbonyl (C=O) groups is 3. The molecule has 4 aliphatic rings. The number of rotatable bonds is 1. The third kappa shape index (κ3) is 2.42. The van der Waals surface area contributed by atoms with Crippen molar-refractivity contribution in [1.82, 2.24) is 9.80 Å². The molecule has 2 saturated heterocycles. The number of anilines is 1.